The molecule has 32 heavy (non-hydrogen) atoms. The molecule has 0 radical (unpaired) electrons. The largest absolute Gasteiger partial charge is 0.494 e. The van der Waals surface area contributed by atoms with Crippen LogP contribution in [-0.4, -0.2) is 25.7 Å². The van der Waals surface area contributed by atoms with Gasteiger partial charge in [0.15, 0.2) is 0 Å². The summed E-state index contributed by atoms with van der Waals surface area (Å²) in [6.07, 6.45) is 1.86. The highest BCUT2D eigenvalue weighted by Gasteiger charge is 2.05. The Bertz CT molecular complexity index is 956. The Kier molecular flexibility index (Phi) is 8.99. The van der Waals surface area contributed by atoms with Gasteiger partial charge in [-0.15, -0.1) is 0 Å². The maximum absolute atomic E-state index is 12.3. The Balaban J connectivity index is 1.40. The summed E-state index contributed by atoms with van der Waals surface area (Å²) in [4.78, 5) is 12.3. The van der Waals surface area contributed by atoms with Gasteiger partial charge < -0.3 is 20.1 Å². The molecule has 0 saturated heterocycles. The van der Waals surface area contributed by atoms with Gasteiger partial charge in [0.25, 0.3) is 0 Å². The number of rotatable bonds is 12. The van der Waals surface area contributed by atoms with E-state index in [-0.39, 0.29) is 12.5 Å². The molecular formula is C27H32N2O3. The Morgan fingerprint density at radius 3 is 2.31 bits per heavy atom. The monoisotopic (exact) mass is 432 g/mol. The number of carbonyl (C=O) groups is 1. The van der Waals surface area contributed by atoms with Crippen LogP contribution in [0.3, 0.4) is 0 Å². The molecule has 0 heterocycles. The molecule has 0 aliphatic heterocycles. The molecule has 2 N–H and O–H groups in total. The molecule has 1 amide bonds. The fraction of sp³-hybridized carbons (Fsp3) is 0.296. The Morgan fingerprint density at radius 2 is 1.56 bits per heavy atom. The molecule has 0 spiro atoms. The second-order valence-corrected chi connectivity index (χ2v) is 8.07. The summed E-state index contributed by atoms with van der Waals surface area (Å²) in [5.74, 6) is 2.07. The quantitative estimate of drug-likeness (QED) is 0.381. The first kappa shape index (κ1) is 23.2. The van der Waals surface area contributed by atoms with Crippen molar-refractivity contribution in [3.05, 3.63) is 84.4 Å². The molecule has 0 aliphatic rings. The second-order valence-electron chi connectivity index (χ2n) is 8.07. The number of hydrogen-bond acceptors (Lipinski definition) is 4. The maximum atomic E-state index is 12.3. The van der Waals surface area contributed by atoms with Gasteiger partial charge in [-0.1, -0.05) is 50.2 Å². The third kappa shape index (κ3) is 8.34. The van der Waals surface area contributed by atoms with Gasteiger partial charge in [-0.25, -0.2) is 0 Å². The zero-order valence-electron chi connectivity index (χ0n) is 18.8. The summed E-state index contributed by atoms with van der Waals surface area (Å²) in [6.45, 7) is 5.82. The molecule has 0 aliphatic carbocycles. The van der Waals surface area contributed by atoms with Crippen LogP contribution >= 0.6 is 0 Å². The topological polar surface area (TPSA) is 59.6 Å². The maximum Gasteiger partial charge on any atom is 0.243 e. The summed E-state index contributed by atoms with van der Waals surface area (Å²) in [5, 5.41) is 6.04. The standard InChI is InChI=1S/C27H32N2O3/c1-21(2)15-17-31-25-13-11-23(12-14-25)28-20-27(30)29-24-9-6-10-26(19-24)32-18-16-22-7-4-3-5-8-22/h3-14,19,21,28H,15-18,20H2,1-2H3,(H,29,30). The lowest BCUT2D eigenvalue weighted by Crippen LogP contribution is -2.21. The lowest BCUT2D eigenvalue weighted by atomic mass is 10.1. The number of ether oxygens (including phenoxy) is 2. The van der Waals surface area contributed by atoms with Crippen molar-refractivity contribution < 1.29 is 14.3 Å². The van der Waals surface area contributed by atoms with Crippen LogP contribution in [0.25, 0.3) is 0 Å². The lowest BCUT2D eigenvalue weighted by molar-refractivity contribution is -0.114. The fourth-order valence-corrected chi connectivity index (χ4v) is 3.06. The molecular weight excluding hydrogens is 400 g/mol. The normalized spacial score (nSPS) is 10.6. The van der Waals surface area contributed by atoms with Crippen molar-refractivity contribution in [1.29, 1.82) is 0 Å². The number of amides is 1. The number of anilines is 2. The molecule has 168 valence electrons. The first-order chi connectivity index (χ1) is 15.6. The van der Waals surface area contributed by atoms with E-state index < -0.39 is 0 Å². The van der Waals surface area contributed by atoms with Gasteiger partial charge in [0.2, 0.25) is 5.91 Å². The summed E-state index contributed by atoms with van der Waals surface area (Å²) in [5.41, 5.74) is 2.82. The van der Waals surface area contributed by atoms with Gasteiger partial charge in [-0.2, -0.15) is 0 Å². The SMILES string of the molecule is CC(C)CCOc1ccc(NCC(=O)Nc2cccc(OCCc3ccccc3)c2)cc1. The predicted molar refractivity (Wildman–Crippen MR) is 131 cm³/mol. The Morgan fingerprint density at radius 1 is 0.812 bits per heavy atom. The van der Waals surface area contributed by atoms with E-state index in [1.807, 2.05) is 66.7 Å². The fourth-order valence-electron chi connectivity index (χ4n) is 3.06. The Labute approximate surface area is 190 Å². The molecule has 3 aromatic rings. The van der Waals surface area contributed by atoms with E-state index in [0.717, 1.165) is 30.0 Å². The summed E-state index contributed by atoms with van der Waals surface area (Å²) in [6, 6.07) is 25.3. The lowest BCUT2D eigenvalue weighted by Gasteiger charge is -2.11. The number of nitrogens with one attached hydrogen (secondary N) is 2. The van der Waals surface area contributed by atoms with Gasteiger partial charge >= 0.3 is 0 Å². The van der Waals surface area contributed by atoms with Crippen LogP contribution in [0.4, 0.5) is 11.4 Å². The number of benzene rings is 3. The van der Waals surface area contributed by atoms with Crippen LogP contribution in [0.1, 0.15) is 25.8 Å². The van der Waals surface area contributed by atoms with Gasteiger partial charge in [-0.05, 0) is 54.3 Å². The third-order valence-electron chi connectivity index (χ3n) is 4.89. The molecule has 0 atom stereocenters. The first-order valence-corrected chi connectivity index (χ1v) is 11.1. The Hall–Kier alpha value is -3.47. The number of hydrogen-bond donors (Lipinski definition) is 2. The average Bonchev–Trinajstić information content (AvgIpc) is 2.79. The third-order valence-corrected chi connectivity index (χ3v) is 4.89. The molecule has 0 saturated carbocycles. The highest BCUT2D eigenvalue weighted by Crippen LogP contribution is 2.19. The van der Waals surface area contributed by atoms with Crippen molar-refractivity contribution in [3.8, 4) is 11.5 Å². The van der Waals surface area contributed by atoms with Crippen LogP contribution in [0.5, 0.6) is 11.5 Å². The molecule has 0 aromatic heterocycles. The van der Waals surface area contributed by atoms with Gasteiger partial charge in [-0.3, -0.25) is 4.79 Å². The van der Waals surface area contributed by atoms with Crippen molar-refractivity contribution in [2.45, 2.75) is 26.7 Å². The van der Waals surface area contributed by atoms with Crippen molar-refractivity contribution in [3.63, 3.8) is 0 Å². The molecule has 0 bridgehead atoms. The van der Waals surface area contributed by atoms with Crippen molar-refractivity contribution in [2.75, 3.05) is 30.4 Å². The summed E-state index contributed by atoms with van der Waals surface area (Å²) >= 11 is 0. The summed E-state index contributed by atoms with van der Waals surface area (Å²) in [7, 11) is 0. The molecule has 3 rings (SSSR count). The zero-order valence-corrected chi connectivity index (χ0v) is 18.8. The van der Waals surface area contributed by atoms with E-state index in [9.17, 15) is 4.79 Å². The average molecular weight is 433 g/mol. The highest BCUT2D eigenvalue weighted by atomic mass is 16.5. The molecule has 3 aromatic carbocycles. The highest BCUT2D eigenvalue weighted by molar-refractivity contribution is 5.93. The van der Waals surface area contributed by atoms with Crippen molar-refractivity contribution in [2.24, 2.45) is 5.92 Å². The summed E-state index contributed by atoms with van der Waals surface area (Å²) < 4.78 is 11.6. The van der Waals surface area contributed by atoms with Crippen molar-refractivity contribution >= 4 is 17.3 Å². The van der Waals surface area contributed by atoms with Crippen LogP contribution in [-0.2, 0) is 11.2 Å². The number of carbonyl (C=O) groups excluding carboxylic acids is 1. The second kappa shape index (κ2) is 12.4. The van der Waals surface area contributed by atoms with E-state index in [0.29, 0.717) is 24.8 Å². The van der Waals surface area contributed by atoms with E-state index in [4.69, 9.17) is 9.47 Å². The van der Waals surface area contributed by atoms with Crippen LogP contribution < -0.4 is 20.1 Å². The van der Waals surface area contributed by atoms with E-state index >= 15 is 0 Å². The van der Waals surface area contributed by atoms with E-state index in [2.05, 4.69) is 36.6 Å². The zero-order chi connectivity index (χ0) is 22.6. The van der Waals surface area contributed by atoms with Gasteiger partial charge in [0.1, 0.15) is 11.5 Å². The molecule has 0 unspecified atom stereocenters. The minimum Gasteiger partial charge on any atom is -0.494 e. The van der Waals surface area contributed by atoms with Gasteiger partial charge in [0, 0.05) is 23.9 Å². The van der Waals surface area contributed by atoms with Crippen LogP contribution in [0.15, 0.2) is 78.9 Å². The first-order valence-electron chi connectivity index (χ1n) is 11.1. The minimum absolute atomic E-state index is 0.122. The van der Waals surface area contributed by atoms with Gasteiger partial charge in [0.05, 0.1) is 19.8 Å². The van der Waals surface area contributed by atoms with Crippen LogP contribution in [0, 0.1) is 5.92 Å². The predicted octanol–water partition coefficient (Wildman–Crippen LogP) is 5.78. The minimum atomic E-state index is -0.122. The molecule has 5 heteroatoms. The van der Waals surface area contributed by atoms with Crippen LogP contribution in [0.2, 0.25) is 0 Å². The van der Waals surface area contributed by atoms with E-state index in [1.165, 1.54) is 5.56 Å². The van der Waals surface area contributed by atoms with E-state index in [1.54, 1.807) is 0 Å². The smallest absolute Gasteiger partial charge is 0.243 e. The molecule has 0 fully saturated rings. The van der Waals surface area contributed by atoms with Crippen molar-refractivity contribution in [1.82, 2.24) is 0 Å². The molecule has 5 nitrogen and oxygen atoms in total.